The van der Waals surface area contributed by atoms with Crippen molar-refractivity contribution in [1.29, 1.82) is 0 Å². The highest BCUT2D eigenvalue weighted by Gasteiger charge is 2.42. The van der Waals surface area contributed by atoms with E-state index in [1.807, 2.05) is 23.1 Å². The first kappa shape index (κ1) is 19.1. The lowest BCUT2D eigenvalue weighted by atomic mass is 9.94. The molecule has 1 atom stereocenters. The average molecular weight is 387 g/mol. The Bertz CT molecular complexity index is 758. The minimum atomic E-state index is -0.515. The number of carbonyl (C=O) groups excluding carboxylic acids is 2. The zero-order valence-corrected chi connectivity index (χ0v) is 16.7. The van der Waals surface area contributed by atoms with Gasteiger partial charge in [0.25, 0.3) is 5.79 Å². The Kier molecular flexibility index (Phi) is 5.19. The van der Waals surface area contributed by atoms with E-state index >= 15 is 0 Å². The van der Waals surface area contributed by atoms with Crippen molar-refractivity contribution in [2.75, 3.05) is 32.5 Å². The fourth-order valence-electron chi connectivity index (χ4n) is 4.44. The van der Waals surface area contributed by atoms with Crippen LogP contribution >= 0.6 is 0 Å². The molecule has 3 aliphatic rings. The van der Waals surface area contributed by atoms with Gasteiger partial charge in [-0.05, 0) is 44.4 Å². The molecule has 1 aromatic carbocycles. The van der Waals surface area contributed by atoms with Gasteiger partial charge in [-0.15, -0.1) is 0 Å². The number of nitrogens with zero attached hydrogens (tertiary/aromatic N) is 2. The molecule has 7 nitrogen and oxygen atoms in total. The molecule has 2 fully saturated rings. The fraction of sp³-hybridized carbons (Fsp3) is 0.619. The van der Waals surface area contributed by atoms with Gasteiger partial charge in [-0.25, -0.2) is 0 Å². The lowest BCUT2D eigenvalue weighted by Gasteiger charge is -2.31. The van der Waals surface area contributed by atoms with Gasteiger partial charge in [0.1, 0.15) is 0 Å². The van der Waals surface area contributed by atoms with Crippen LogP contribution in [0.15, 0.2) is 18.2 Å². The van der Waals surface area contributed by atoms with Gasteiger partial charge >= 0.3 is 0 Å². The summed E-state index contributed by atoms with van der Waals surface area (Å²) in [5, 5.41) is 2.94. The molecule has 1 aromatic rings. The monoisotopic (exact) mass is 387 g/mol. The summed E-state index contributed by atoms with van der Waals surface area (Å²) in [6.45, 7) is 0.976. The van der Waals surface area contributed by atoms with Crippen molar-refractivity contribution >= 4 is 17.5 Å². The predicted octanol–water partition coefficient (Wildman–Crippen LogP) is 2.61. The zero-order chi connectivity index (χ0) is 19.7. The Balaban J connectivity index is 1.37. The van der Waals surface area contributed by atoms with E-state index < -0.39 is 5.79 Å². The van der Waals surface area contributed by atoms with Crippen molar-refractivity contribution < 1.29 is 19.1 Å². The van der Waals surface area contributed by atoms with Crippen LogP contribution in [0.2, 0.25) is 0 Å². The highest BCUT2D eigenvalue weighted by Crippen LogP contribution is 2.46. The van der Waals surface area contributed by atoms with Crippen LogP contribution in [0.25, 0.3) is 0 Å². The lowest BCUT2D eigenvalue weighted by molar-refractivity contribution is -0.133. The van der Waals surface area contributed by atoms with Crippen molar-refractivity contribution in [3.05, 3.63) is 18.2 Å². The van der Waals surface area contributed by atoms with Crippen molar-refractivity contribution in [3.8, 4) is 11.5 Å². The largest absolute Gasteiger partial charge is 0.448 e. The van der Waals surface area contributed by atoms with E-state index in [1.165, 1.54) is 6.42 Å². The van der Waals surface area contributed by atoms with Gasteiger partial charge in [-0.3, -0.25) is 14.5 Å². The first-order valence-corrected chi connectivity index (χ1v) is 10.2. The number of anilines is 1. The van der Waals surface area contributed by atoms with Crippen LogP contribution in [0.5, 0.6) is 11.5 Å². The minimum absolute atomic E-state index is 0.0613. The molecule has 2 aliphatic heterocycles. The molecule has 1 aliphatic carbocycles. The number of likely N-dealkylation sites (N-methyl/N-ethyl adjacent to an activating group) is 1. The molecule has 1 saturated heterocycles. The van der Waals surface area contributed by atoms with Gasteiger partial charge < -0.3 is 19.7 Å². The van der Waals surface area contributed by atoms with E-state index in [2.05, 4.69) is 5.32 Å². The lowest BCUT2D eigenvalue weighted by Crippen LogP contribution is -2.45. The number of nitrogens with one attached hydrogen (secondary N) is 1. The Labute approximate surface area is 166 Å². The van der Waals surface area contributed by atoms with Gasteiger partial charge in [0, 0.05) is 38.7 Å². The third-order valence-electron chi connectivity index (χ3n) is 5.87. The molecule has 1 N–H and O–H groups in total. The second-order valence-corrected chi connectivity index (χ2v) is 8.25. The maximum absolute atomic E-state index is 12.6. The summed E-state index contributed by atoms with van der Waals surface area (Å²) >= 11 is 0. The Morgan fingerprint density at radius 3 is 2.64 bits per heavy atom. The summed E-state index contributed by atoms with van der Waals surface area (Å²) in [6.07, 6.45) is 6.99. The number of hydrogen-bond acceptors (Lipinski definition) is 5. The number of amides is 2. The number of ether oxygens (including phenoxy) is 2. The number of rotatable bonds is 4. The van der Waals surface area contributed by atoms with Crippen molar-refractivity contribution in [2.24, 2.45) is 0 Å². The summed E-state index contributed by atoms with van der Waals surface area (Å²) in [5.74, 6) is 0.868. The number of benzene rings is 1. The maximum Gasteiger partial charge on any atom is 0.251 e. The summed E-state index contributed by atoms with van der Waals surface area (Å²) in [7, 11) is 3.51. The second kappa shape index (κ2) is 7.62. The van der Waals surface area contributed by atoms with Crippen LogP contribution in [0.1, 0.15) is 44.9 Å². The minimum Gasteiger partial charge on any atom is -0.448 e. The predicted molar refractivity (Wildman–Crippen MR) is 105 cm³/mol. The molecule has 0 bridgehead atoms. The Morgan fingerprint density at radius 2 is 1.89 bits per heavy atom. The highest BCUT2D eigenvalue weighted by molar-refractivity contribution is 5.93. The molecule has 4 rings (SSSR count). The quantitative estimate of drug-likeness (QED) is 0.860. The average Bonchev–Trinajstić information content (AvgIpc) is 3.25. The molecule has 1 saturated carbocycles. The topological polar surface area (TPSA) is 71.1 Å². The van der Waals surface area contributed by atoms with E-state index in [1.54, 1.807) is 19.0 Å². The standard InChI is InChI=1S/C21H29N3O4/c1-23(2)20(26)16-7-6-12-24(16)14-19(25)22-15-8-9-17-18(13-15)28-21(27-17)10-4-3-5-11-21/h8-9,13,16H,3-7,10-12,14H2,1-2H3,(H,22,25)/t16-/m0/s1. The van der Waals surface area contributed by atoms with Gasteiger partial charge in [0.15, 0.2) is 11.5 Å². The molecule has 152 valence electrons. The van der Waals surface area contributed by atoms with Gasteiger partial charge in [0.2, 0.25) is 11.8 Å². The second-order valence-electron chi connectivity index (χ2n) is 8.25. The van der Waals surface area contributed by atoms with Gasteiger partial charge in [-0.2, -0.15) is 0 Å². The summed E-state index contributed by atoms with van der Waals surface area (Å²) in [5.41, 5.74) is 0.690. The smallest absolute Gasteiger partial charge is 0.251 e. The number of likely N-dealkylation sites (tertiary alicyclic amines) is 1. The van der Waals surface area contributed by atoms with Crippen LogP contribution in [-0.2, 0) is 9.59 Å². The van der Waals surface area contributed by atoms with Crippen molar-refractivity contribution in [1.82, 2.24) is 9.80 Å². The number of hydrogen-bond donors (Lipinski definition) is 1. The van der Waals surface area contributed by atoms with Gasteiger partial charge in [0.05, 0.1) is 12.6 Å². The fourth-order valence-corrected chi connectivity index (χ4v) is 4.44. The molecular weight excluding hydrogens is 358 g/mol. The SMILES string of the molecule is CN(C)C(=O)[C@@H]1CCCN1CC(=O)Nc1ccc2c(c1)OC1(CCCCC1)O2. The highest BCUT2D eigenvalue weighted by atomic mass is 16.7. The van der Waals surface area contributed by atoms with E-state index in [0.717, 1.165) is 50.8 Å². The molecule has 2 heterocycles. The first-order valence-electron chi connectivity index (χ1n) is 10.2. The van der Waals surface area contributed by atoms with E-state index in [4.69, 9.17) is 9.47 Å². The third kappa shape index (κ3) is 3.81. The van der Waals surface area contributed by atoms with Crippen LogP contribution in [0.3, 0.4) is 0 Å². The normalized spacial score (nSPS) is 23.0. The maximum atomic E-state index is 12.6. The molecule has 0 radical (unpaired) electrons. The van der Waals surface area contributed by atoms with Crippen molar-refractivity contribution in [3.63, 3.8) is 0 Å². The third-order valence-corrected chi connectivity index (χ3v) is 5.87. The summed E-state index contributed by atoms with van der Waals surface area (Å²) in [6, 6.07) is 5.34. The molecule has 0 aromatic heterocycles. The van der Waals surface area contributed by atoms with Crippen LogP contribution in [0, 0.1) is 0 Å². The van der Waals surface area contributed by atoms with Gasteiger partial charge in [-0.1, -0.05) is 6.42 Å². The summed E-state index contributed by atoms with van der Waals surface area (Å²) < 4.78 is 12.2. The first-order chi connectivity index (χ1) is 13.5. The van der Waals surface area contributed by atoms with Crippen molar-refractivity contribution in [2.45, 2.75) is 56.8 Å². The van der Waals surface area contributed by atoms with Crippen LogP contribution in [0.4, 0.5) is 5.69 Å². The van der Waals surface area contributed by atoms with Crippen LogP contribution < -0.4 is 14.8 Å². The Morgan fingerprint density at radius 1 is 1.14 bits per heavy atom. The molecule has 0 unspecified atom stereocenters. The van der Waals surface area contributed by atoms with E-state index in [-0.39, 0.29) is 24.4 Å². The van der Waals surface area contributed by atoms with E-state index in [0.29, 0.717) is 11.4 Å². The zero-order valence-electron chi connectivity index (χ0n) is 16.7. The number of carbonyl (C=O) groups is 2. The molecule has 28 heavy (non-hydrogen) atoms. The summed E-state index contributed by atoms with van der Waals surface area (Å²) in [4.78, 5) is 28.4. The van der Waals surface area contributed by atoms with Crippen LogP contribution in [-0.4, -0.2) is 60.6 Å². The Hall–Kier alpha value is -2.28. The molecular formula is C21H29N3O4. The molecule has 1 spiro atoms. The molecule has 2 amide bonds. The number of fused-ring (bicyclic) bond motifs is 1. The van der Waals surface area contributed by atoms with E-state index in [9.17, 15) is 9.59 Å². The molecule has 7 heteroatoms.